The molecule has 2 rings (SSSR count). The van der Waals surface area contributed by atoms with Crippen LogP contribution in [0, 0.1) is 0 Å². The maximum atomic E-state index is 11.4. The first-order valence-corrected chi connectivity index (χ1v) is 8.18. The minimum absolute atomic E-state index is 0.181. The molecule has 1 aromatic rings. The second-order valence-corrected chi connectivity index (χ2v) is 7.02. The topological polar surface area (TPSA) is 63.2 Å². The van der Waals surface area contributed by atoms with Gasteiger partial charge in [-0.15, -0.1) is 0 Å². The van der Waals surface area contributed by atoms with Crippen LogP contribution < -0.4 is 4.90 Å². The zero-order chi connectivity index (χ0) is 13.2. The summed E-state index contributed by atoms with van der Waals surface area (Å²) in [6, 6.07) is 0. The predicted molar refractivity (Wildman–Crippen MR) is 71.9 cm³/mol. The van der Waals surface area contributed by atoms with Crippen molar-refractivity contribution < 1.29 is 8.42 Å². The van der Waals surface area contributed by atoms with Gasteiger partial charge in [0.1, 0.15) is 17.3 Å². The quantitative estimate of drug-likeness (QED) is 0.785. The fourth-order valence-corrected chi connectivity index (χ4v) is 3.47. The van der Waals surface area contributed by atoms with E-state index >= 15 is 0 Å². The molecule has 0 saturated carbocycles. The second kappa shape index (κ2) is 5.40. The molecule has 100 valence electrons. The Kier molecular flexibility index (Phi) is 4.07. The van der Waals surface area contributed by atoms with Gasteiger partial charge in [0.15, 0.2) is 9.84 Å². The van der Waals surface area contributed by atoms with E-state index in [0.29, 0.717) is 18.2 Å². The summed E-state index contributed by atoms with van der Waals surface area (Å²) in [5.41, 5.74) is 0.918. The lowest BCUT2D eigenvalue weighted by Crippen LogP contribution is -2.41. The van der Waals surface area contributed by atoms with Gasteiger partial charge in [0.05, 0.1) is 11.5 Å². The first-order chi connectivity index (χ1) is 8.53. The Labute approximate surface area is 112 Å². The Morgan fingerprint density at radius 2 is 2.00 bits per heavy atom. The van der Waals surface area contributed by atoms with E-state index < -0.39 is 9.84 Å². The Hall–Kier alpha value is -0.880. The Morgan fingerprint density at radius 1 is 1.33 bits per heavy atom. The molecule has 1 aliphatic rings. The number of nitrogens with zero attached hydrogens (tertiary/aromatic N) is 3. The van der Waals surface area contributed by atoms with Gasteiger partial charge < -0.3 is 4.90 Å². The van der Waals surface area contributed by atoms with E-state index in [0.717, 1.165) is 24.2 Å². The smallest absolute Gasteiger partial charge is 0.153 e. The highest BCUT2D eigenvalue weighted by Crippen LogP contribution is 2.25. The molecular weight excluding hydrogens is 274 g/mol. The van der Waals surface area contributed by atoms with Crippen LogP contribution in [0.4, 0.5) is 5.82 Å². The fourth-order valence-electron chi connectivity index (χ4n) is 2.04. The molecule has 0 bridgehead atoms. The van der Waals surface area contributed by atoms with E-state index in [9.17, 15) is 8.42 Å². The van der Waals surface area contributed by atoms with Crippen LogP contribution in [0.3, 0.4) is 0 Å². The number of rotatable bonds is 3. The number of hydrogen-bond donors (Lipinski definition) is 0. The standard InChI is InChI=1S/C11H16ClN3O2S/c1-2-3-9-10(12)13-8-14-11(9)15-4-6-18(16,17)7-5-15/h8H,2-7H2,1H3. The van der Waals surface area contributed by atoms with Gasteiger partial charge in [-0.2, -0.15) is 0 Å². The molecule has 18 heavy (non-hydrogen) atoms. The Balaban J connectivity index is 2.26. The first-order valence-electron chi connectivity index (χ1n) is 5.98. The number of sulfone groups is 1. The van der Waals surface area contributed by atoms with Crippen LogP contribution in [-0.4, -0.2) is 43.0 Å². The number of anilines is 1. The summed E-state index contributed by atoms with van der Waals surface area (Å²) in [6.45, 7) is 3.02. The lowest BCUT2D eigenvalue weighted by Gasteiger charge is -2.29. The fraction of sp³-hybridized carbons (Fsp3) is 0.636. The average molecular weight is 290 g/mol. The second-order valence-electron chi connectivity index (χ2n) is 4.36. The molecule has 0 aliphatic carbocycles. The summed E-state index contributed by atoms with van der Waals surface area (Å²) in [4.78, 5) is 10.2. The van der Waals surface area contributed by atoms with E-state index in [1.165, 1.54) is 6.33 Å². The van der Waals surface area contributed by atoms with Crippen molar-refractivity contribution in [3.05, 3.63) is 17.0 Å². The van der Waals surface area contributed by atoms with Crippen molar-refractivity contribution >= 4 is 27.3 Å². The molecule has 1 saturated heterocycles. The van der Waals surface area contributed by atoms with Crippen LogP contribution in [0.25, 0.3) is 0 Å². The SMILES string of the molecule is CCCc1c(Cl)ncnc1N1CCS(=O)(=O)CC1. The van der Waals surface area contributed by atoms with Crippen LogP contribution in [-0.2, 0) is 16.3 Å². The normalized spacial score (nSPS) is 18.9. The van der Waals surface area contributed by atoms with Gasteiger partial charge in [-0.25, -0.2) is 18.4 Å². The highest BCUT2D eigenvalue weighted by molar-refractivity contribution is 7.91. The molecule has 0 atom stereocenters. The van der Waals surface area contributed by atoms with Crippen molar-refractivity contribution in [3.8, 4) is 0 Å². The van der Waals surface area contributed by atoms with Gasteiger partial charge in [0.2, 0.25) is 0 Å². The molecule has 0 aromatic carbocycles. The molecule has 1 fully saturated rings. The molecule has 1 aromatic heterocycles. The zero-order valence-corrected chi connectivity index (χ0v) is 11.8. The van der Waals surface area contributed by atoms with Gasteiger partial charge in [-0.1, -0.05) is 24.9 Å². The summed E-state index contributed by atoms with van der Waals surface area (Å²) < 4.78 is 22.8. The largest absolute Gasteiger partial charge is 0.354 e. The first kappa shape index (κ1) is 13.5. The molecule has 0 unspecified atom stereocenters. The highest BCUT2D eigenvalue weighted by atomic mass is 35.5. The number of halogens is 1. The maximum Gasteiger partial charge on any atom is 0.153 e. The van der Waals surface area contributed by atoms with Crippen LogP contribution in [0.1, 0.15) is 18.9 Å². The van der Waals surface area contributed by atoms with Crippen molar-refractivity contribution in [1.29, 1.82) is 0 Å². The molecule has 5 nitrogen and oxygen atoms in total. The zero-order valence-electron chi connectivity index (χ0n) is 10.3. The Morgan fingerprint density at radius 3 is 2.61 bits per heavy atom. The van der Waals surface area contributed by atoms with Gasteiger partial charge in [0, 0.05) is 18.7 Å². The maximum absolute atomic E-state index is 11.4. The molecule has 0 spiro atoms. The molecule has 7 heteroatoms. The summed E-state index contributed by atoms with van der Waals surface area (Å²) in [5, 5.41) is 0.468. The van der Waals surface area contributed by atoms with E-state index in [1.807, 2.05) is 4.90 Å². The van der Waals surface area contributed by atoms with Crippen molar-refractivity contribution in [2.24, 2.45) is 0 Å². The predicted octanol–water partition coefficient (Wildman–Crippen LogP) is 1.32. The van der Waals surface area contributed by atoms with Crippen molar-refractivity contribution in [2.75, 3.05) is 29.5 Å². The lowest BCUT2D eigenvalue weighted by molar-refractivity contribution is 0.586. The molecule has 0 radical (unpaired) electrons. The van der Waals surface area contributed by atoms with Crippen LogP contribution in [0.15, 0.2) is 6.33 Å². The monoisotopic (exact) mass is 289 g/mol. The van der Waals surface area contributed by atoms with Crippen LogP contribution >= 0.6 is 11.6 Å². The molecular formula is C11H16ClN3O2S. The van der Waals surface area contributed by atoms with Crippen LogP contribution in [0.2, 0.25) is 5.15 Å². The summed E-state index contributed by atoms with van der Waals surface area (Å²) >= 11 is 6.09. The molecule has 0 N–H and O–H groups in total. The van der Waals surface area contributed by atoms with Gasteiger partial charge in [0.25, 0.3) is 0 Å². The third-order valence-electron chi connectivity index (χ3n) is 3.01. The molecule has 2 heterocycles. The third kappa shape index (κ3) is 2.92. The van der Waals surface area contributed by atoms with Crippen LogP contribution in [0.5, 0.6) is 0 Å². The summed E-state index contributed by atoms with van der Waals surface area (Å²) in [6.07, 6.45) is 3.18. The van der Waals surface area contributed by atoms with Gasteiger partial charge in [-0.3, -0.25) is 0 Å². The van der Waals surface area contributed by atoms with Gasteiger partial charge >= 0.3 is 0 Å². The summed E-state index contributed by atoms with van der Waals surface area (Å²) in [5.74, 6) is 1.15. The van der Waals surface area contributed by atoms with E-state index in [4.69, 9.17) is 11.6 Å². The Bertz CT molecular complexity index is 519. The minimum atomic E-state index is -2.88. The summed E-state index contributed by atoms with van der Waals surface area (Å²) in [7, 11) is -2.88. The molecule has 1 aliphatic heterocycles. The number of aromatic nitrogens is 2. The van der Waals surface area contributed by atoms with Crippen molar-refractivity contribution in [1.82, 2.24) is 9.97 Å². The van der Waals surface area contributed by atoms with Crippen molar-refractivity contribution in [3.63, 3.8) is 0 Å². The molecule has 0 amide bonds. The lowest BCUT2D eigenvalue weighted by atomic mass is 10.1. The minimum Gasteiger partial charge on any atom is -0.354 e. The highest BCUT2D eigenvalue weighted by Gasteiger charge is 2.24. The van der Waals surface area contributed by atoms with Gasteiger partial charge in [-0.05, 0) is 6.42 Å². The van der Waals surface area contributed by atoms with E-state index in [1.54, 1.807) is 0 Å². The van der Waals surface area contributed by atoms with E-state index in [2.05, 4.69) is 16.9 Å². The third-order valence-corrected chi connectivity index (χ3v) is 4.95. The van der Waals surface area contributed by atoms with E-state index in [-0.39, 0.29) is 11.5 Å². The van der Waals surface area contributed by atoms with Crippen molar-refractivity contribution in [2.45, 2.75) is 19.8 Å². The number of hydrogen-bond acceptors (Lipinski definition) is 5. The average Bonchev–Trinajstić information content (AvgIpc) is 2.32.